The average Bonchev–Trinajstić information content (AvgIpc) is 2.53. The zero-order chi connectivity index (χ0) is 17.1. The fourth-order valence-corrected chi connectivity index (χ4v) is 3.49. The van der Waals surface area contributed by atoms with E-state index in [0.29, 0.717) is 12.1 Å². The summed E-state index contributed by atoms with van der Waals surface area (Å²) >= 11 is 0. The molecule has 1 aromatic carbocycles. The van der Waals surface area contributed by atoms with Crippen molar-refractivity contribution in [1.29, 1.82) is 0 Å². The summed E-state index contributed by atoms with van der Waals surface area (Å²) in [6.45, 7) is 7.01. The zero-order valence-corrected chi connectivity index (χ0v) is 14.9. The number of benzene rings is 1. The van der Waals surface area contributed by atoms with Crippen LogP contribution in [0.1, 0.15) is 43.5 Å². The lowest BCUT2D eigenvalue weighted by Crippen LogP contribution is -2.53. The van der Waals surface area contributed by atoms with Gasteiger partial charge < -0.3 is 5.32 Å². The number of sulfone groups is 1. The van der Waals surface area contributed by atoms with E-state index >= 15 is 0 Å². The molecule has 1 aromatic rings. The lowest BCUT2D eigenvalue weighted by molar-refractivity contribution is 0.0797. The number of carbonyl (C=O) groups is 1. The topological polar surface area (TPSA) is 66.5 Å². The van der Waals surface area contributed by atoms with Crippen LogP contribution in [0.15, 0.2) is 29.2 Å². The fourth-order valence-electron chi connectivity index (χ4n) is 2.86. The van der Waals surface area contributed by atoms with Crippen LogP contribution in [-0.4, -0.2) is 50.7 Å². The standard InChI is InChI=1S/C17H26N2O3S/c1-17(2,19-11-5-4-6-12-19)13-18-16(20)14-7-9-15(10-8-14)23(3,21)22/h7-10H,4-6,11-13H2,1-3H3,(H,18,20). The van der Waals surface area contributed by atoms with Gasteiger partial charge in [0.25, 0.3) is 5.91 Å². The first kappa shape index (κ1) is 17.9. The maximum Gasteiger partial charge on any atom is 0.251 e. The van der Waals surface area contributed by atoms with Crippen molar-refractivity contribution in [1.82, 2.24) is 10.2 Å². The van der Waals surface area contributed by atoms with E-state index in [4.69, 9.17) is 0 Å². The molecule has 0 unspecified atom stereocenters. The van der Waals surface area contributed by atoms with E-state index in [2.05, 4.69) is 24.1 Å². The first-order chi connectivity index (χ1) is 10.7. The summed E-state index contributed by atoms with van der Waals surface area (Å²) in [7, 11) is -3.23. The largest absolute Gasteiger partial charge is 0.350 e. The van der Waals surface area contributed by atoms with E-state index in [1.165, 1.54) is 31.4 Å². The normalized spacial score (nSPS) is 17.0. The number of hydrogen-bond acceptors (Lipinski definition) is 4. The zero-order valence-electron chi connectivity index (χ0n) is 14.1. The summed E-state index contributed by atoms with van der Waals surface area (Å²) in [4.78, 5) is 14.9. The Morgan fingerprint density at radius 2 is 1.70 bits per heavy atom. The minimum Gasteiger partial charge on any atom is -0.350 e. The summed E-state index contributed by atoms with van der Waals surface area (Å²) in [6, 6.07) is 6.05. The number of hydrogen-bond donors (Lipinski definition) is 1. The Bertz CT molecular complexity index is 645. The van der Waals surface area contributed by atoms with Crippen LogP contribution in [0.5, 0.6) is 0 Å². The molecule has 1 aliphatic rings. The Hall–Kier alpha value is -1.40. The molecular weight excluding hydrogens is 312 g/mol. The second-order valence-electron chi connectivity index (χ2n) is 6.84. The number of nitrogens with zero attached hydrogens (tertiary/aromatic N) is 1. The molecule has 1 amide bonds. The predicted octanol–water partition coefficient (Wildman–Crippen LogP) is 2.08. The SMILES string of the molecule is CC(C)(CNC(=O)c1ccc(S(C)(=O)=O)cc1)N1CCCCC1. The third kappa shape index (κ3) is 4.78. The van der Waals surface area contributed by atoms with Crippen molar-refractivity contribution in [2.24, 2.45) is 0 Å². The van der Waals surface area contributed by atoms with Gasteiger partial charge in [-0.1, -0.05) is 6.42 Å². The summed E-state index contributed by atoms with van der Waals surface area (Å²) in [5.41, 5.74) is 0.398. The second kappa shape index (κ2) is 7.01. The van der Waals surface area contributed by atoms with Crippen molar-refractivity contribution in [3.8, 4) is 0 Å². The first-order valence-electron chi connectivity index (χ1n) is 8.03. The number of rotatable bonds is 5. The van der Waals surface area contributed by atoms with E-state index < -0.39 is 9.84 Å². The third-order valence-electron chi connectivity index (χ3n) is 4.44. The monoisotopic (exact) mass is 338 g/mol. The van der Waals surface area contributed by atoms with Crippen molar-refractivity contribution in [2.75, 3.05) is 25.9 Å². The third-order valence-corrected chi connectivity index (χ3v) is 5.57. The highest BCUT2D eigenvalue weighted by atomic mass is 32.2. The molecule has 1 N–H and O–H groups in total. The molecular formula is C17H26N2O3S. The van der Waals surface area contributed by atoms with Gasteiger partial charge in [-0.3, -0.25) is 9.69 Å². The van der Waals surface area contributed by atoms with Gasteiger partial charge in [-0.05, 0) is 64.0 Å². The van der Waals surface area contributed by atoms with Crippen LogP contribution in [0.3, 0.4) is 0 Å². The minimum atomic E-state index is -3.23. The van der Waals surface area contributed by atoms with Crippen LogP contribution >= 0.6 is 0 Å². The van der Waals surface area contributed by atoms with Gasteiger partial charge >= 0.3 is 0 Å². The lowest BCUT2D eigenvalue weighted by atomic mass is 9.98. The van der Waals surface area contributed by atoms with Gasteiger partial charge in [-0.25, -0.2) is 8.42 Å². The van der Waals surface area contributed by atoms with Gasteiger partial charge in [0.15, 0.2) is 9.84 Å². The number of likely N-dealkylation sites (tertiary alicyclic amines) is 1. The van der Waals surface area contributed by atoms with Crippen molar-refractivity contribution in [2.45, 2.75) is 43.5 Å². The molecule has 0 aliphatic carbocycles. The summed E-state index contributed by atoms with van der Waals surface area (Å²) in [6.07, 6.45) is 4.86. The molecule has 1 saturated heterocycles. The highest BCUT2D eigenvalue weighted by Gasteiger charge is 2.28. The van der Waals surface area contributed by atoms with Gasteiger partial charge in [0.05, 0.1) is 4.90 Å². The van der Waals surface area contributed by atoms with E-state index in [9.17, 15) is 13.2 Å². The summed E-state index contributed by atoms with van der Waals surface area (Å²) in [5.74, 6) is -0.171. The molecule has 0 radical (unpaired) electrons. The molecule has 128 valence electrons. The molecule has 0 atom stereocenters. The van der Waals surface area contributed by atoms with Gasteiger partial charge in [0.1, 0.15) is 0 Å². The van der Waals surface area contributed by atoms with Crippen molar-refractivity contribution in [3.63, 3.8) is 0 Å². The van der Waals surface area contributed by atoms with Crippen molar-refractivity contribution >= 4 is 15.7 Å². The van der Waals surface area contributed by atoms with Crippen LogP contribution < -0.4 is 5.32 Å². The Morgan fingerprint density at radius 1 is 1.13 bits per heavy atom. The maximum absolute atomic E-state index is 12.3. The van der Waals surface area contributed by atoms with Gasteiger partial charge in [-0.15, -0.1) is 0 Å². The lowest BCUT2D eigenvalue weighted by Gasteiger charge is -2.41. The van der Waals surface area contributed by atoms with Crippen molar-refractivity contribution in [3.05, 3.63) is 29.8 Å². The van der Waals surface area contributed by atoms with E-state index in [1.807, 2.05) is 0 Å². The Kier molecular flexibility index (Phi) is 5.47. The molecule has 0 saturated carbocycles. The van der Waals surface area contributed by atoms with Crippen LogP contribution in [0.4, 0.5) is 0 Å². The molecule has 1 heterocycles. The van der Waals surface area contributed by atoms with Crippen LogP contribution in [0.2, 0.25) is 0 Å². The predicted molar refractivity (Wildman–Crippen MR) is 91.4 cm³/mol. The highest BCUT2D eigenvalue weighted by Crippen LogP contribution is 2.20. The highest BCUT2D eigenvalue weighted by molar-refractivity contribution is 7.90. The molecule has 5 nitrogen and oxygen atoms in total. The molecule has 1 aliphatic heterocycles. The molecule has 6 heteroatoms. The average molecular weight is 338 g/mol. The Balaban J connectivity index is 1.96. The van der Waals surface area contributed by atoms with Gasteiger partial charge in [-0.2, -0.15) is 0 Å². The smallest absolute Gasteiger partial charge is 0.251 e. The minimum absolute atomic E-state index is 0.0806. The van der Waals surface area contributed by atoms with E-state index in [0.717, 1.165) is 19.3 Å². The van der Waals surface area contributed by atoms with Crippen LogP contribution in [0, 0.1) is 0 Å². The molecule has 23 heavy (non-hydrogen) atoms. The van der Waals surface area contributed by atoms with Gasteiger partial charge in [0, 0.05) is 23.9 Å². The fraction of sp³-hybridized carbons (Fsp3) is 0.588. The number of piperidine rings is 1. The van der Waals surface area contributed by atoms with Crippen LogP contribution in [-0.2, 0) is 9.84 Å². The number of nitrogens with one attached hydrogen (secondary N) is 1. The summed E-state index contributed by atoms with van der Waals surface area (Å²) in [5, 5.41) is 2.96. The molecule has 0 spiro atoms. The van der Waals surface area contributed by atoms with Gasteiger partial charge in [0.2, 0.25) is 0 Å². The Labute approximate surface area is 139 Å². The maximum atomic E-state index is 12.3. The number of amides is 1. The second-order valence-corrected chi connectivity index (χ2v) is 8.86. The van der Waals surface area contributed by atoms with E-state index in [-0.39, 0.29) is 16.3 Å². The Morgan fingerprint density at radius 3 is 2.22 bits per heavy atom. The van der Waals surface area contributed by atoms with E-state index in [1.54, 1.807) is 12.1 Å². The number of carbonyl (C=O) groups excluding carboxylic acids is 1. The first-order valence-corrected chi connectivity index (χ1v) is 9.93. The van der Waals surface area contributed by atoms with Crippen molar-refractivity contribution < 1.29 is 13.2 Å². The molecule has 0 bridgehead atoms. The summed E-state index contributed by atoms with van der Waals surface area (Å²) < 4.78 is 22.9. The molecule has 1 fully saturated rings. The molecule has 0 aromatic heterocycles. The quantitative estimate of drug-likeness (QED) is 0.893. The van der Waals surface area contributed by atoms with Crippen LogP contribution in [0.25, 0.3) is 0 Å². The molecule has 2 rings (SSSR count).